The van der Waals surface area contributed by atoms with Crippen LogP contribution in [0.1, 0.15) is 26.7 Å². The van der Waals surface area contributed by atoms with Crippen LogP contribution in [0.4, 0.5) is 0 Å². The fourth-order valence-corrected chi connectivity index (χ4v) is 0.884. The van der Waals surface area contributed by atoms with Gasteiger partial charge in [0.2, 0.25) is 0 Å². The van der Waals surface area contributed by atoms with Gasteiger partial charge in [-0.1, -0.05) is 13.8 Å². The van der Waals surface area contributed by atoms with Crippen LogP contribution in [0.15, 0.2) is 0 Å². The summed E-state index contributed by atoms with van der Waals surface area (Å²) in [5.74, 6) is -3.05. The van der Waals surface area contributed by atoms with Gasteiger partial charge in [-0.3, -0.25) is 14.4 Å². The highest BCUT2D eigenvalue weighted by atomic mass is 16.4. The Bertz CT molecular complexity index is 292. The molecule has 0 saturated carbocycles. The molecule has 0 radical (unpaired) electrons. The van der Waals surface area contributed by atoms with Crippen LogP contribution in [-0.4, -0.2) is 45.3 Å². The second kappa shape index (κ2) is 9.37. The maximum absolute atomic E-state index is 10.1. The maximum atomic E-state index is 10.1. The molecule has 7 N–H and O–H groups in total. The largest absolute Gasteiger partial charge is 0.481 e. The van der Waals surface area contributed by atoms with Crippen molar-refractivity contribution in [2.24, 2.45) is 17.4 Å². The minimum atomic E-state index is -1.29. The molecule has 0 spiro atoms. The van der Waals surface area contributed by atoms with Crippen molar-refractivity contribution in [3.8, 4) is 0 Å². The Morgan fingerprint density at radius 1 is 0.944 bits per heavy atom. The predicted octanol–water partition coefficient (Wildman–Crippen LogP) is -0.683. The zero-order valence-electron chi connectivity index (χ0n) is 10.4. The molecule has 8 heteroatoms. The Balaban J connectivity index is 0. The molecule has 2 atom stereocenters. The summed E-state index contributed by atoms with van der Waals surface area (Å²) < 4.78 is 0. The molecule has 0 fully saturated rings. The number of carboxylic acid groups (broad SMARTS) is 3. The third-order valence-electron chi connectivity index (χ3n) is 1.75. The van der Waals surface area contributed by atoms with Gasteiger partial charge in [0, 0.05) is 0 Å². The van der Waals surface area contributed by atoms with E-state index in [4.69, 9.17) is 26.8 Å². The van der Waals surface area contributed by atoms with Crippen LogP contribution < -0.4 is 11.5 Å². The van der Waals surface area contributed by atoms with E-state index >= 15 is 0 Å². The van der Waals surface area contributed by atoms with Gasteiger partial charge in [-0.15, -0.1) is 0 Å². The number of carboxylic acids is 3. The lowest BCUT2D eigenvalue weighted by Crippen LogP contribution is -2.32. The molecule has 0 aliphatic rings. The van der Waals surface area contributed by atoms with Crippen molar-refractivity contribution in [2.45, 2.75) is 38.8 Å². The highest BCUT2D eigenvalue weighted by Crippen LogP contribution is 2.01. The van der Waals surface area contributed by atoms with Crippen molar-refractivity contribution < 1.29 is 29.7 Å². The Labute approximate surface area is 105 Å². The van der Waals surface area contributed by atoms with E-state index in [1.54, 1.807) is 0 Å². The highest BCUT2D eigenvalue weighted by Gasteiger charge is 2.14. The third-order valence-corrected chi connectivity index (χ3v) is 1.75. The second-order valence-electron chi connectivity index (χ2n) is 4.12. The van der Waals surface area contributed by atoms with Gasteiger partial charge < -0.3 is 26.8 Å². The molecule has 106 valence electrons. The number of nitrogens with two attached hydrogens (primary N) is 2. The molecule has 0 aliphatic carbocycles. The molecular weight excluding hydrogens is 244 g/mol. The first-order valence-electron chi connectivity index (χ1n) is 5.26. The highest BCUT2D eigenvalue weighted by molar-refractivity contribution is 5.80. The van der Waals surface area contributed by atoms with Gasteiger partial charge in [-0.25, -0.2) is 0 Å². The van der Waals surface area contributed by atoms with Gasteiger partial charge in [0.05, 0.1) is 6.42 Å². The molecule has 0 rings (SSSR count). The number of carbonyl (C=O) groups is 3. The summed E-state index contributed by atoms with van der Waals surface area (Å²) in [6, 6.07) is -1.98. The van der Waals surface area contributed by atoms with E-state index in [9.17, 15) is 14.4 Å². The Morgan fingerprint density at radius 3 is 1.44 bits per heavy atom. The zero-order chi connectivity index (χ0) is 14.9. The fraction of sp³-hybridized carbons (Fsp3) is 0.700. The van der Waals surface area contributed by atoms with Crippen LogP contribution in [0, 0.1) is 5.92 Å². The summed E-state index contributed by atoms with van der Waals surface area (Å²) in [7, 11) is 0. The molecule has 0 unspecified atom stereocenters. The zero-order valence-corrected chi connectivity index (χ0v) is 10.4. The average molecular weight is 264 g/mol. The van der Waals surface area contributed by atoms with Crippen LogP contribution in [0.25, 0.3) is 0 Å². The number of rotatable bonds is 6. The molecule has 0 heterocycles. The molecule has 0 aliphatic heterocycles. The molecule has 0 aromatic rings. The van der Waals surface area contributed by atoms with E-state index in [0.717, 1.165) is 0 Å². The van der Waals surface area contributed by atoms with E-state index in [0.29, 0.717) is 12.3 Å². The van der Waals surface area contributed by atoms with Crippen LogP contribution in [-0.2, 0) is 14.4 Å². The first kappa shape index (κ1) is 18.7. The van der Waals surface area contributed by atoms with Gasteiger partial charge >= 0.3 is 17.9 Å². The summed E-state index contributed by atoms with van der Waals surface area (Å²) >= 11 is 0. The number of hydrogen-bond donors (Lipinski definition) is 5. The van der Waals surface area contributed by atoms with E-state index in [2.05, 4.69) is 0 Å². The van der Waals surface area contributed by atoms with Crippen LogP contribution in [0.5, 0.6) is 0 Å². The van der Waals surface area contributed by atoms with Crippen LogP contribution >= 0.6 is 0 Å². The van der Waals surface area contributed by atoms with Gasteiger partial charge in [-0.2, -0.15) is 0 Å². The minimum Gasteiger partial charge on any atom is -0.481 e. The Hall–Kier alpha value is -1.67. The standard InChI is InChI=1S/C6H13NO2.C4H7NO4/c1-4(2)3-5(7)6(8)9;5-2(4(8)9)1-3(6)7/h4-5H,3,7H2,1-2H3,(H,8,9);2H,1,5H2,(H,6,7)(H,8,9)/t5-;2-/m10/s1. The third kappa shape index (κ3) is 12.4. The van der Waals surface area contributed by atoms with Crippen molar-refractivity contribution in [3.05, 3.63) is 0 Å². The van der Waals surface area contributed by atoms with Crippen molar-refractivity contribution >= 4 is 17.9 Å². The average Bonchev–Trinajstić information content (AvgIpc) is 2.16. The van der Waals surface area contributed by atoms with Gasteiger partial charge in [0.25, 0.3) is 0 Å². The lowest BCUT2D eigenvalue weighted by atomic mass is 10.1. The van der Waals surface area contributed by atoms with Crippen molar-refractivity contribution in [2.75, 3.05) is 0 Å². The SMILES string of the molecule is CC(C)C[C@@H](N)C(=O)O.N[C@@H](CC(=O)O)C(=O)O. The minimum absolute atomic E-state index is 0.357. The van der Waals surface area contributed by atoms with Gasteiger partial charge in [-0.05, 0) is 12.3 Å². The van der Waals surface area contributed by atoms with Crippen molar-refractivity contribution in [1.82, 2.24) is 0 Å². The summed E-state index contributed by atoms with van der Waals surface area (Å²) in [6.45, 7) is 3.89. The molecule has 18 heavy (non-hydrogen) atoms. The normalized spacial score (nSPS) is 13.2. The number of hydrogen-bond acceptors (Lipinski definition) is 5. The van der Waals surface area contributed by atoms with Crippen molar-refractivity contribution in [1.29, 1.82) is 0 Å². The predicted molar refractivity (Wildman–Crippen MR) is 62.9 cm³/mol. The summed E-state index contributed by atoms with van der Waals surface area (Å²) in [4.78, 5) is 29.7. The van der Waals surface area contributed by atoms with E-state index in [-0.39, 0.29) is 0 Å². The molecule has 0 amide bonds. The van der Waals surface area contributed by atoms with Gasteiger partial charge in [0.1, 0.15) is 12.1 Å². The first-order valence-corrected chi connectivity index (χ1v) is 5.26. The molecule has 0 saturated heterocycles. The van der Waals surface area contributed by atoms with E-state index in [1.165, 1.54) is 0 Å². The maximum Gasteiger partial charge on any atom is 0.321 e. The summed E-state index contributed by atoms with van der Waals surface area (Å²) in [5, 5.41) is 24.3. The Morgan fingerprint density at radius 2 is 1.33 bits per heavy atom. The first-order chi connectivity index (χ1) is 8.07. The van der Waals surface area contributed by atoms with Crippen LogP contribution in [0.3, 0.4) is 0 Å². The van der Waals surface area contributed by atoms with Crippen molar-refractivity contribution in [3.63, 3.8) is 0 Å². The van der Waals surface area contributed by atoms with E-state index in [1.807, 2.05) is 13.8 Å². The topological polar surface area (TPSA) is 164 Å². The lowest BCUT2D eigenvalue weighted by Gasteiger charge is -2.07. The molecule has 0 aromatic carbocycles. The summed E-state index contributed by atoms with van der Waals surface area (Å²) in [6.07, 6.45) is 0.0185. The molecule has 0 bridgehead atoms. The smallest absolute Gasteiger partial charge is 0.321 e. The molecule has 8 nitrogen and oxygen atoms in total. The molecule has 0 aromatic heterocycles. The lowest BCUT2D eigenvalue weighted by molar-refractivity contribution is -0.144. The van der Waals surface area contributed by atoms with Crippen LogP contribution in [0.2, 0.25) is 0 Å². The monoisotopic (exact) mass is 264 g/mol. The van der Waals surface area contributed by atoms with E-state index < -0.39 is 36.4 Å². The number of aliphatic carboxylic acids is 3. The molecular formula is C10H20N2O6. The second-order valence-corrected chi connectivity index (χ2v) is 4.12. The summed E-state index contributed by atoms with van der Waals surface area (Å²) in [5.41, 5.74) is 10.1. The quantitative estimate of drug-likeness (QED) is 0.421. The van der Waals surface area contributed by atoms with Gasteiger partial charge in [0.15, 0.2) is 0 Å². The fourth-order valence-electron chi connectivity index (χ4n) is 0.884. The Kier molecular flexibility index (Phi) is 9.73.